The number of hydrogen-bond donors (Lipinski definition) is 0. The molecule has 0 bridgehead atoms. The second-order valence-electron chi connectivity index (χ2n) is 8.83. The zero-order valence-corrected chi connectivity index (χ0v) is 24.7. The maximum Gasteiger partial charge on any atom is 2.00 e. The van der Waals surface area contributed by atoms with Crippen molar-refractivity contribution in [2.45, 2.75) is 83.5 Å². The molecule has 4 rings (SSSR count). The van der Waals surface area contributed by atoms with Crippen molar-refractivity contribution in [2.75, 3.05) is 12.3 Å². The van der Waals surface area contributed by atoms with E-state index in [1.807, 2.05) is 0 Å². The number of rotatable bonds is 7. The Morgan fingerprint density at radius 3 is 1.45 bits per heavy atom. The third-order valence-corrected chi connectivity index (χ3v) is 13.6. The van der Waals surface area contributed by atoms with E-state index in [0.717, 1.165) is 17.2 Å². The number of benzene rings is 2. The second kappa shape index (κ2) is 18.1. The van der Waals surface area contributed by atoms with Crippen LogP contribution in [0.5, 0.6) is 0 Å². The first-order chi connectivity index (χ1) is 14.8. The van der Waals surface area contributed by atoms with E-state index in [2.05, 4.69) is 81.4 Å². The Hall–Kier alpha value is -0.181. The molecular weight excluding hydrogens is 478 g/mol. The fourth-order valence-corrected chi connectivity index (χ4v) is 12.4. The van der Waals surface area contributed by atoms with Crippen molar-refractivity contribution in [3.8, 4) is 0 Å². The van der Waals surface area contributed by atoms with E-state index in [1.165, 1.54) is 63.7 Å². The summed E-state index contributed by atoms with van der Waals surface area (Å²) in [6, 6.07) is 22.8. The van der Waals surface area contributed by atoms with Crippen LogP contribution in [-0.2, 0) is 17.1 Å². The van der Waals surface area contributed by atoms with Crippen LogP contribution in [0.25, 0.3) is 0 Å². The quantitative estimate of drug-likeness (QED) is 0.192. The molecule has 0 N–H and O–H groups in total. The van der Waals surface area contributed by atoms with Crippen LogP contribution >= 0.6 is 15.8 Å². The predicted octanol–water partition coefficient (Wildman–Crippen LogP) is 9.05. The zero-order valence-electron chi connectivity index (χ0n) is 21.8. The summed E-state index contributed by atoms with van der Waals surface area (Å²) in [5.74, 6) is 0.952. The monoisotopic (exact) mass is 526 g/mol. The van der Waals surface area contributed by atoms with Crippen LogP contribution in [0.15, 0.2) is 60.7 Å². The van der Waals surface area contributed by atoms with E-state index in [0.29, 0.717) is 0 Å². The summed E-state index contributed by atoms with van der Waals surface area (Å²) in [6.45, 7) is 7.29. The minimum Gasteiger partial charge on any atom is -0.358 e. The van der Waals surface area contributed by atoms with Crippen molar-refractivity contribution in [1.82, 2.24) is 0 Å². The summed E-state index contributed by atoms with van der Waals surface area (Å²) in [7, 11) is -0.0901. The number of hydrogen-bond acceptors (Lipinski definition) is 0. The summed E-state index contributed by atoms with van der Waals surface area (Å²) in [4.78, 5) is 0. The first-order valence-corrected chi connectivity index (χ1v) is 15.6. The smallest absolute Gasteiger partial charge is 0.358 e. The van der Waals surface area contributed by atoms with E-state index in [4.69, 9.17) is 0 Å². The first kappa shape index (κ1) is 32.8. The van der Waals surface area contributed by atoms with Gasteiger partial charge in [-0.1, -0.05) is 120 Å². The van der Waals surface area contributed by atoms with Crippen LogP contribution in [0.2, 0.25) is 0 Å². The molecule has 3 heteroatoms. The Balaban J connectivity index is 0.00000114. The van der Waals surface area contributed by atoms with Crippen LogP contribution in [0.1, 0.15) is 72.1 Å². The van der Waals surface area contributed by atoms with E-state index >= 15 is 0 Å². The van der Waals surface area contributed by atoms with Gasteiger partial charge in [0.25, 0.3) is 0 Å². The van der Waals surface area contributed by atoms with Gasteiger partial charge in [-0.15, -0.1) is 7.92 Å². The minimum atomic E-state index is -0.251. The average Bonchev–Trinajstić information content (AvgIpc) is 3.51. The molecule has 2 aliphatic carbocycles. The van der Waals surface area contributed by atoms with Crippen LogP contribution in [-0.4, -0.2) is 23.6 Å². The van der Waals surface area contributed by atoms with Crippen molar-refractivity contribution >= 4 is 26.5 Å². The molecule has 2 aromatic rings. The largest absolute Gasteiger partial charge is 2.00 e. The summed E-state index contributed by atoms with van der Waals surface area (Å²) in [5.41, 5.74) is 1.83. The average molecular weight is 527 g/mol. The van der Waals surface area contributed by atoms with Crippen molar-refractivity contribution in [3.63, 3.8) is 0 Å². The van der Waals surface area contributed by atoms with Gasteiger partial charge in [-0.25, -0.2) is 0 Å². The molecule has 3 unspecified atom stereocenters. The van der Waals surface area contributed by atoms with Gasteiger partial charge in [0.05, 0.1) is 0 Å². The molecule has 2 fully saturated rings. The second-order valence-corrected chi connectivity index (χ2v) is 14.3. The van der Waals surface area contributed by atoms with Crippen molar-refractivity contribution in [2.24, 2.45) is 5.92 Å². The van der Waals surface area contributed by atoms with Gasteiger partial charge in [-0.3, -0.25) is 0 Å². The molecule has 0 spiro atoms. The molecule has 2 aliphatic rings. The molecule has 0 amide bonds. The van der Waals surface area contributed by atoms with Crippen molar-refractivity contribution in [1.29, 1.82) is 0 Å². The van der Waals surface area contributed by atoms with Crippen LogP contribution < -0.4 is 10.6 Å². The van der Waals surface area contributed by atoms with Crippen molar-refractivity contribution in [3.05, 3.63) is 75.5 Å². The van der Waals surface area contributed by atoms with E-state index < -0.39 is 0 Å². The van der Waals surface area contributed by atoms with E-state index in [1.54, 1.807) is 10.6 Å². The summed E-state index contributed by atoms with van der Waals surface area (Å²) in [5, 5.41) is 3.16. The van der Waals surface area contributed by atoms with Gasteiger partial charge in [0, 0.05) is 0 Å². The van der Waals surface area contributed by atoms with Gasteiger partial charge in [0.2, 0.25) is 0 Å². The normalized spacial score (nSPS) is 21.4. The molecule has 186 valence electrons. The Kier molecular flexibility index (Phi) is 18.0. The Morgan fingerprint density at radius 1 is 0.667 bits per heavy atom. The van der Waals surface area contributed by atoms with Crippen LogP contribution in [0.3, 0.4) is 0 Å². The Bertz CT molecular complexity index is 651. The van der Waals surface area contributed by atoms with Gasteiger partial charge in [0.1, 0.15) is 0 Å². The van der Waals surface area contributed by atoms with Gasteiger partial charge in [-0.05, 0) is 60.9 Å². The zero-order chi connectivity index (χ0) is 21.2. The summed E-state index contributed by atoms with van der Waals surface area (Å²) >= 11 is 0. The molecule has 33 heavy (non-hydrogen) atoms. The van der Waals surface area contributed by atoms with Crippen LogP contribution in [0.4, 0.5) is 0 Å². The molecule has 0 nitrogen and oxygen atoms in total. The molecule has 2 aromatic carbocycles. The topological polar surface area (TPSA) is 0 Å². The molecule has 0 heterocycles. The van der Waals surface area contributed by atoms with E-state index in [9.17, 15) is 0 Å². The fraction of sp³-hybridized carbons (Fsp3) is 0.533. The predicted molar refractivity (Wildman–Crippen MR) is 154 cm³/mol. The third kappa shape index (κ3) is 9.08. The molecule has 0 saturated heterocycles. The first-order valence-electron chi connectivity index (χ1n) is 12.4. The molecular formula is C30H48FeP2. The standard InChI is InChI=1S/C23H32P2.C5H10.2CH3.Fe/c1-4-19-17-18-22(23(19)24(5-2)6-3)25(20-13-9-7-10-14-20)21-15-11-8-12-16-21;1-2-4-5-3-1;;;/h7-16,19,22-23H,4-6,17-18H2,1-3H3;1-5H2;2*1H3;/q;;2*-1;+2. The molecule has 0 aromatic heterocycles. The molecule has 3 atom stereocenters. The van der Waals surface area contributed by atoms with Crippen LogP contribution in [0, 0.1) is 20.8 Å². The molecule has 2 saturated carbocycles. The maximum absolute atomic E-state index is 2.44. The van der Waals surface area contributed by atoms with Gasteiger partial charge < -0.3 is 14.9 Å². The third-order valence-electron chi connectivity index (χ3n) is 7.12. The van der Waals surface area contributed by atoms with Gasteiger partial charge in [-0.2, -0.15) is 0 Å². The summed E-state index contributed by atoms with van der Waals surface area (Å²) < 4.78 is 0. The minimum absolute atomic E-state index is 0. The van der Waals surface area contributed by atoms with Gasteiger partial charge in [0.15, 0.2) is 0 Å². The van der Waals surface area contributed by atoms with Crippen molar-refractivity contribution < 1.29 is 17.1 Å². The maximum atomic E-state index is 2.44. The Labute approximate surface area is 220 Å². The van der Waals surface area contributed by atoms with Gasteiger partial charge >= 0.3 is 17.1 Å². The molecule has 0 radical (unpaired) electrons. The molecule has 0 aliphatic heterocycles. The fourth-order valence-electron chi connectivity index (χ4n) is 5.55. The Morgan fingerprint density at radius 2 is 1.09 bits per heavy atom. The SMILES string of the molecule is C1CCCC1.CCC1CCC(P(c2ccccc2)c2ccccc2)C1P(CC)CC.[CH3-].[CH3-].[Fe+2]. The van der Waals surface area contributed by atoms with E-state index in [-0.39, 0.29) is 47.8 Å². The summed E-state index contributed by atoms with van der Waals surface area (Å²) in [6.07, 6.45) is 14.5.